The molecule has 1 atom stereocenters. The maximum absolute atomic E-state index is 12.3. The third-order valence-corrected chi connectivity index (χ3v) is 4.60. The van der Waals surface area contributed by atoms with E-state index < -0.39 is 0 Å². The van der Waals surface area contributed by atoms with E-state index in [2.05, 4.69) is 39.6 Å². The highest BCUT2D eigenvalue weighted by Gasteiger charge is 2.23. The second-order valence-electron chi connectivity index (χ2n) is 6.50. The fourth-order valence-electron chi connectivity index (χ4n) is 3.19. The zero-order chi connectivity index (χ0) is 16.8. The molecular formula is C18H25N5O. The van der Waals surface area contributed by atoms with Crippen molar-refractivity contribution in [1.82, 2.24) is 25.0 Å². The number of hydrogen-bond donors (Lipinski definition) is 1. The lowest BCUT2D eigenvalue weighted by Gasteiger charge is -2.28. The summed E-state index contributed by atoms with van der Waals surface area (Å²) in [7, 11) is 2.07. The van der Waals surface area contributed by atoms with Gasteiger partial charge in [-0.3, -0.25) is 4.79 Å². The van der Waals surface area contributed by atoms with Crippen LogP contribution in [0.4, 0.5) is 0 Å². The second kappa shape index (κ2) is 8.06. The van der Waals surface area contributed by atoms with Crippen molar-refractivity contribution in [3.63, 3.8) is 0 Å². The van der Waals surface area contributed by atoms with Gasteiger partial charge in [-0.15, -0.1) is 10.2 Å². The largest absolute Gasteiger partial charge is 0.349 e. The number of aryl methyl sites for hydroxylation is 2. The van der Waals surface area contributed by atoms with Crippen molar-refractivity contribution in [3.8, 4) is 0 Å². The van der Waals surface area contributed by atoms with Crippen LogP contribution >= 0.6 is 0 Å². The summed E-state index contributed by atoms with van der Waals surface area (Å²) in [5.74, 6) is 1.02. The maximum Gasteiger partial charge on any atom is 0.224 e. The highest BCUT2D eigenvalue weighted by Crippen LogP contribution is 2.15. The van der Waals surface area contributed by atoms with Gasteiger partial charge in [-0.2, -0.15) is 0 Å². The standard InChI is InChI=1S/C18H25N5O/c1-22-10-5-8-16(13-22)18(24)19-12-17-21-20-14-23(17)11-9-15-6-3-2-4-7-15/h2-4,6-7,14,16H,5,8-13H2,1H3,(H,19,24)/t16-/m1/s1. The minimum atomic E-state index is 0.0874. The van der Waals surface area contributed by atoms with E-state index in [4.69, 9.17) is 0 Å². The summed E-state index contributed by atoms with van der Waals surface area (Å²) in [6, 6.07) is 10.3. The topological polar surface area (TPSA) is 63.1 Å². The molecule has 0 unspecified atom stereocenters. The Morgan fingerprint density at radius 1 is 1.33 bits per heavy atom. The molecule has 1 amide bonds. The van der Waals surface area contributed by atoms with Gasteiger partial charge in [-0.1, -0.05) is 30.3 Å². The van der Waals surface area contributed by atoms with Gasteiger partial charge >= 0.3 is 0 Å². The molecule has 1 aromatic heterocycles. The van der Waals surface area contributed by atoms with Gasteiger partial charge in [-0.05, 0) is 38.4 Å². The van der Waals surface area contributed by atoms with Gasteiger partial charge in [0, 0.05) is 13.1 Å². The number of benzene rings is 1. The number of likely N-dealkylation sites (tertiary alicyclic amines) is 1. The molecule has 1 fully saturated rings. The van der Waals surface area contributed by atoms with Crippen LogP contribution in [0.3, 0.4) is 0 Å². The van der Waals surface area contributed by atoms with E-state index in [9.17, 15) is 4.79 Å². The Labute approximate surface area is 142 Å². The van der Waals surface area contributed by atoms with Gasteiger partial charge in [0.25, 0.3) is 0 Å². The van der Waals surface area contributed by atoms with Crippen molar-refractivity contribution in [2.45, 2.75) is 32.4 Å². The molecule has 6 nitrogen and oxygen atoms in total. The molecule has 0 radical (unpaired) electrons. The highest BCUT2D eigenvalue weighted by atomic mass is 16.1. The normalized spacial score (nSPS) is 18.5. The Kier molecular flexibility index (Phi) is 5.59. The molecule has 24 heavy (non-hydrogen) atoms. The van der Waals surface area contributed by atoms with E-state index in [1.807, 2.05) is 22.8 Å². The first kappa shape index (κ1) is 16.6. The molecule has 2 heterocycles. The predicted octanol–water partition coefficient (Wildman–Crippen LogP) is 1.48. The predicted molar refractivity (Wildman–Crippen MR) is 92.2 cm³/mol. The van der Waals surface area contributed by atoms with Crippen molar-refractivity contribution in [2.75, 3.05) is 20.1 Å². The number of piperidine rings is 1. The van der Waals surface area contributed by atoms with E-state index in [0.29, 0.717) is 6.54 Å². The van der Waals surface area contributed by atoms with E-state index in [0.717, 1.165) is 44.7 Å². The quantitative estimate of drug-likeness (QED) is 0.873. The average Bonchev–Trinajstić information content (AvgIpc) is 3.06. The Morgan fingerprint density at radius 2 is 2.17 bits per heavy atom. The van der Waals surface area contributed by atoms with Crippen molar-refractivity contribution < 1.29 is 4.79 Å². The number of amides is 1. The lowest BCUT2D eigenvalue weighted by Crippen LogP contribution is -2.41. The highest BCUT2D eigenvalue weighted by molar-refractivity contribution is 5.78. The minimum absolute atomic E-state index is 0.0874. The van der Waals surface area contributed by atoms with Gasteiger partial charge in [0.05, 0.1) is 12.5 Å². The molecule has 0 aliphatic carbocycles. The third kappa shape index (κ3) is 4.41. The van der Waals surface area contributed by atoms with Crippen LogP contribution in [-0.4, -0.2) is 45.7 Å². The fourth-order valence-corrected chi connectivity index (χ4v) is 3.19. The molecule has 0 bridgehead atoms. The van der Waals surface area contributed by atoms with Gasteiger partial charge in [0.2, 0.25) is 5.91 Å². The van der Waals surface area contributed by atoms with Crippen molar-refractivity contribution in [1.29, 1.82) is 0 Å². The summed E-state index contributed by atoms with van der Waals surface area (Å²) in [4.78, 5) is 14.6. The number of rotatable bonds is 6. The zero-order valence-corrected chi connectivity index (χ0v) is 14.2. The van der Waals surface area contributed by atoms with Crippen molar-refractivity contribution in [2.24, 2.45) is 5.92 Å². The van der Waals surface area contributed by atoms with Gasteiger partial charge in [0.15, 0.2) is 5.82 Å². The molecule has 1 aliphatic rings. The molecule has 2 aromatic rings. The van der Waals surface area contributed by atoms with E-state index >= 15 is 0 Å². The fraction of sp³-hybridized carbons (Fsp3) is 0.500. The molecule has 6 heteroatoms. The first-order valence-electron chi connectivity index (χ1n) is 8.59. The zero-order valence-electron chi connectivity index (χ0n) is 14.2. The Bertz CT molecular complexity index is 654. The molecule has 1 saturated heterocycles. The average molecular weight is 327 g/mol. The van der Waals surface area contributed by atoms with Crippen LogP contribution in [-0.2, 0) is 24.3 Å². The summed E-state index contributed by atoms with van der Waals surface area (Å²) >= 11 is 0. The number of nitrogens with zero attached hydrogens (tertiary/aromatic N) is 4. The molecule has 1 aliphatic heterocycles. The summed E-state index contributed by atoms with van der Waals surface area (Å²) < 4.78 is 2.01. The summed E-state index contributed by atoms with van der Waals surface area (Å²) in [5, 5.41) is 11.2. The second-order valence-corrected chi connectivity index (χ2v) is 6.50. The number of nitrogens with one attached hydrogen (secondary N) is 1. The molecule has 3 rings (SSSR count). The Morgan fingerprint density at radius 3 is 2.96 bits per heavy atom. The van der Waals surface area contributed by atoms with Crippen LogP contribution < -0.4 is 5.32 Å². The van der Waals surface area contributed by atoms with E-state index in [1.165, 1.54) is 5.56 Å². The summed E-state index contributed by atoms with van der Waals surface area (Å²) in [5.41, 5.74) is 1.28. The molecular weight excluding hydrogens is 302 g/mol. The van der Waals surface area contributed by atoms with Gasteiger partial charge < -0.3 is 14.8 Å². The molecule has 128 valence electrons. The number of hydrogen-bond acceptors (Lipinski definition) is 4. The van der Waals surface area contributed by atoms with Crippen LogP contribution in [0.2, 0.25) is 0 Å². The number of carbonyl (C=O) groups excluding carboxylic acids is 1. The Hall–Kier alpha value is -2.21. The number of aromatic nitrogens is 3. The summed E-state index contributed by atoms with van der Waals surface area (Å²) in [6.07, 6.45) is 4.71. The van der Waals surface area contributed by atoms with Crippen molar-refractivity contribution >= 4 is 5.91 Å². The minimum Gasteiger partial charge on any atom is -0.349 e. The monoisotopic (exact) mass is 327 g/mol. The first-order chi connectivity index (χ1) is 11.7. The van der Waals surface area contributed by atoms with Crippen LogP contribution in [0.25, 0.3) is 0 Å². The molecule has 0 spiro atoms. The lowest BCUT2D eigenvalue weighted by atomic mass is 9.98. The van der Waals surface area contributed by atoms with Crippen LogP contribution in [0, 0.1) is 5.92 Å². The van der Waals surface area contributed by atoms with E-state index in [-0.39, 0.29) is 11.8 Å². The van der Waals surface area contributed by atoms with E-state index in [1.54, 1.807) is 6.33 Å². The smallest absolute Gasteiger partial charge is 0.224 e. The SMILES string of the molecule is CN1CCC[C@@H](C(=O)NCc2nncn2CCc2ccccc2)C1. The Balaban J connectivity index is 1.51. The maximum atomic E-state index is 12.3. The van der Waals surface area contributed by atoms with Crippen molar-refractivity contribution in [3.05, 3.63) is 48.0 Å². The van der Waals surface area contributed by atoms with Crippen LogP contribution in [0.1, 0.15) is 24.2 Å². The third-order valence-electron chi connectivity index (χ3n) is 4.60. The van der Waals surface area contributed by atoms with Gasteiger partial charge in [-0.25, -0.2) is 0 Å². The first-order valence-corrected chi connectivity index (χ1v) is 8.59. The van der Waals surface area contributed by atoms with Crippen LogP contribution in [0.5, 0.6) is 0 Å². The molecule has 1 aromatic carbocycles. The molecule has 0 saturated carbocycles. The summed E-state index contributed by atoms with van der Waals surface area (Å²) in [6.45, 7) is 3.17. The lowest BCUT2D eigenvalue weighted by molar-refractivity contribution is -0.126. The number of carbonyl (C=O) groups is 1. The van der Waals surface area contributed by atoms with Crippen LogP contribution in [0.15, 0.2) is 36.7 Å². The molecule has 1 N–H and O–H groups in total. The van der Waals surface area contributed by atoms with Gasteiger partial charge in [0.1, 0.15) is 6.33 Å².